The molecule has 0 saturated heterocycles. The van der Waals surface area contributed by atoms with Crippen molar-refractivity contribution in [2.75, 3.05) is 33.5 Å². The Hall–Kier alpha value is -1.79. The van der Waals surface area contributed by atoms with Crippen LogP contribution in [0.3, 0.4) is 0 Å². The van der Waals surface area contributed by atoms with E-state index in [1.54, 1.807) is 26.2 Å². The summed E-state index contributed by atoms with van der Waals surface area (Å²) in [4.78, 5) is 11.6. The van der Waals surface area contributed by atoms with Gasteiger partial charge in [0.1, 0.15) is 18.1 Å². The van der Waals surface area contributed by atoms with Gasteiger partial charge in [-0.15, -0.1) is 0 Å². The van der Waals surface area contributed by atoms with Gasteiger partial charge in [-0.25, -0.2) is 4.79 Å². The SMILES string of the molecule is COCCOCCOC(=O)C(C)Oc1ccc(O)cc1. The molecule has 6 nitrogen and oxygen atoms in total. The lowest BCUT2D eigenvalue weighted by molar-refractivity contribution is -0.152. The van der Waals surface area contributed by atoms with Gasteiger partial charge in [-0.1, -0.05) is 0 Å². The number of phenols is 1. The van der Waals surface area contributed by atoms with E-state index >= 15 is 0 Å². The molecule has 0 spiro atoms. The lowest BCUT2D eigenvalue weighted by Crippen LogP contribution is -2.27. The molecule has 1 N–H and O–H groups in total. The fourth-order valence-electron chi connectivity index (χ4n) is 1.34. The number of hydrogen-bond acceptors (Lipinski definition) is 6. The van der Waals surface area contributed by atoms with E-state index < -0.39 is 12.1 Å². The van der Waals surface area contributed by atoms with E-state index in [2.05, 4.69) is 0 Å². The van der Waals surface area contributed by atoms with E-state index in [0.29, 0.717) is 25.6 Å². The van der Waals surface area contributed by atoms with Crippen molar-refractivity contribution in [3.8, 4) is 11.5 Å². The van der Waals surface area contributed by atoms with E-state index in [9.17, 15) is 4.79 Å². The molecule has 0 aliphatic carbocycles. The van der Waals surface area contributed by atoms with E-state index in [-0.39, 0.29) is 12.4 Å². The van der Waals surface area contributed by atoms with Crippen LogP contribution in [0.5, 0.6) is 11.5 Å². The quantitative estimate of drug-likeness (QED) is 0.545. The molecular formula is C14H20O6. The number of ether oxygens (including phenoxy) is 4. The molecule has 0 amide bonds. The Balaban J connectivity index is 2.20. The molecule has 0 radical (unpaired) electrons. The average molecular weight is 284 g/mol. The molecule has 1 rings (SSSR count). The molecule has 0 saturated carbocycles. The van der Waals surface area contributed by atoms with Crippen molar-refractivity contribution in [3.05, 3.63) is 24.3 Å². The van der Waals surface area contributed by atoms with Gasteiger partial charge in [0.25, 0.3) is 0 Å². The van der Waals surface area contributed by atoms with Crippen LogP contribution in [0.4, 0.5) is 0 Å². The van der Waals surface area contributed by atoms with E-state index in [1.807, 2.05) is 0 Å². The van der Waals surface area contributed by atoms with E-state index in [1.165, 1.54) is 12.1 Å². The second kappa shape index (κ2) is 9.17. The molecule has 0 aliphatic heterocycles. The number of phenolic OH excluding ortho intramolecular Hbond substituents is 1. The lowest BCUT2D eigenvalue weighted by atomic mass is 10.3. The Morgan fingerprint density at radius 1 is 1.15 bits per heavy atom. The zero-order valence-corrected chi connectivity index (χ0v) is 11.7. The van der Waals surface area contributed by atoms with Crippen LogP contribution in [0.2, 0.25) is 0 Å². The maximum Gasteiger partial charge on any atom is 0.347 e. The lowest BCUT2D eigenvalue weighted by Gasteiger charge is -2.14. The molecular weight excluding hydrogens is 264 g/mol. The van der Waals surface area contributed by atoms with Crippen molar-refractivity contribution in [1.82, 2.24) is 0 Å². The first kappa shape index (κ1) is 16.3. The maximum atomic E-state index is 11.6. The zero-order chi connectivity index (χ0) is 14.8. The zero-order valence-electron chi connectivity index (χ0n) is 11.7. The van der Waals surface area contributed by atoms with Crippen LogP contribution in [0.15, 0.2) is 24.3 Å². The summed E-state index contributed by atoms with van der Waals surface area (Å²) >= 11 is 0. The number of esters is 1. The summed E-state index contributed by atoms with van der Waals surface area (Å²) in [7, 11) is 1.59. The molecule has 0 fully saturated rings. The number of carbonyl (C=O) groups is 1. The van der Waals surface area contributed by atoms with Gasteiger partial charge in [-0.2, -0.15) is 0 Å². The molecule has 112 valence electrons. The van der Waals surface area contributed by atoms with Crippen molar-refractivity contribution in [2.24, 2.45) is 0 Å². The average Bonchev–Trinajstić information content (AvgIpc) is 2.45. The highest BCUT2D eigenvalue weighted by Gasteiger charge is 2.16. The van der Waals surface area contributed by atoms with Gasteiger partial charge in [0.2, 0.25) is 0 Å². The Morgan fingerprint density at radius 3 is 2.45 bits per heavy atom. The molecule has 0 aliphatic rings. The van der Waals surface area contributed by atoms with E-state index in [4.69, 9.17) is 24.1 Å². The summed E-state index contributed by atoms with van der Waals surface area (Å²) in [5.41, 5.74) is 0. The van der Waals surface area contributed by atoms with Crippen molar-refractivity contribution in [1.29, 1.82) is 0 Å². The largest absolute Gasteiger partial charge is 0.508 e. The molecule has 0 heterocycles. The summed E-state index contributed by atoms with van der Waals surface area (Å²) in [6.07, 6.45) is -0.724. The molecule has 0 aromatic heterocycles. The Bertz CT molecular complexity index is 389. The molecule has 1 aromatic rings. The predicted octanol–water partition coefficient (Wildman–Crippen LogP) is 1.37. The van der Waals surface area contributed by atoms with Gasteiger partial charge < -0.3 is 24.1 Å². The first-order valence-corrected chi connectivity index (χ1v) is 6.32. The minimum absolute atomic E-state index is 0.140. The van der Waals surface area contributed by atoms with Gasteiger partial charge in [-0.3, -0.25) is 0 Å². The summed E-state index contributed by atoms with van der Waals surface area (Å²) in [6, 6.07) is 6.12. The summed E-state index contributed by atoms with van der Waals surface area (Å²) in [5, 5.41) is 9.13. The summed E-state index contributed by atoms with van der Waals surface area (Å²) in [6.45, 7) is 3.07. The molecule has 1 atom stereocenters. The van der Waals surface area contributed by atoms with Crippen LogP contribution < -0.4 is 4.74 Å². The number of aromatic hydroxyl groups is 1. The van der Waals surface area contributed by atoms with Crippen LogP contribution in [0.1, 0.15) is 6.92 Å². The summed E-state index contributed by atoms with van der Waals surface area (Å²) in [5.74, 6) is 0.165. The highest BCUT2D eigenvalue weighted by Crippen LogP contribution is 2.17. The first-order chi connectivity index (χ1) is 9.63. The van der Waals surface area contributed by atoms with Gasteiger partial charge in [0.15, 0.2) is 6.10 Å². The predicted molar refractivity (Wildman–Crippen MR) is 71.9 cm³/mol. The smallest absolute Gasteiger partial charge is 0.347 e. The third-order valence-corrected chi connectivity index (χ3v) is 2.39. The fourth-order valence-corrected chi connectivity index (χ4v) is 1.34. The normalized spacial score (nSPS) is 11.9. The molecule has 1 aromatic carbocycles. The second-order valence-electron chi connectivity index (χ2n) is 4.03. The standard InChI is InChI=1S/C14H20O6/c1-11(20-13-5-3-12(15)4-6-13)14(16)19-10-9-18-8-7-17-2/h3-6,11,15H,7-10H2,1-2H3. The second-order valence-corrected chi connectivity index (χ2v) is 4.03. The van der Waals surface area contributed by atoms with Crippen molar-refractivity contribution in [3.63, 3.8) is 0 Å². The highest BCUT2D eigenvalue weighted by molar-refractivity contribution is 5.74. The van der Waals surface area contributed by atoms with Crippen LogP contribution in [0.25, 0.3) is 0 Å². The minimum atomic E-state index is -0.724. The first-order valence-electron chi connectivity index (χ1n) is 6.32. The van der Waals surface area contributed by atoms with E-state index in [0.717, 1.165) is 0 Å². The topological polar surface area (TPSA) is 74.2 Å². The molecule has 1 unspecified atom stereocenters. The van der Waals surface area contributed by atoms with Crippen LogP contribution in [0, 0.1) is 0 Å². The number of carbonyl (C=O) groups excluding carboxylic acids is 1. The number of methoxy groups -OCH3 is 1. The van der Waals surface area contributed by atoms with Gasteiger partial charge in [0, 0.05) is 7.11 Å². The number of hydrogen-bond donors (Lipinski definition) is 1. The van der Waals surface area contributed by atoms with Crippen molar-refractivity contribution in [2.45, 2.75) is 13.0 Å². The van der Waals surface area contributed by atoms with Crippen molar-refractivity contribution >= 4 is 5.97 Å². The Morgan fingerprint density at radius 2 is 1.80 bits per heavy atom. The molecule has 6 heteroatoms. The highest BCUT2D eigenvalue weighted by atomic mass is 16.6. The fraction of sp³-hybridized carbons (Fsp3) is 0.500. The van der Waals surface area contributed by atoms with Crippen LogP contribution >= 0.6 is 0 Å². The molecule has 0 bridgehead atoms. The Labute approximate surface area is 118 Å². The summed E-state index contributed by atoms with van der Waals surface area (Å²) < 4.78 is 20.4. The number of benzene rings is 1. The van der Waals surface area contributed by atoms with Gasteiger partial charge in [0.05, 0.1) is 19.8 Å². The minimum Gasteiger partial charge on any atom is -0.508 e. The third-order valence-electron chi connectivity index (χ3n) is 2.39. The monoisotopic (exact) mass is 284 g/mol. The van der Waals surface area contributed by atoms with Crippen LogP contribution in [-0.2, 0) is 19.0 Å². The maximum absolute atomic E-state index is 11.6. The Kier molecular flexibility index (Phi) is 7.46. The third kappa shape index (κ3) is 6.40. The number of rotatable bonds is 9. The van der Waals surface area contributed by atoms with Crippen molar-refractivity contribution < 1.29 is 28.8 Å². The van der Waals surface area contributed by atoms with Gasteiger partial charge in [-0.05, 0) is 31.2 Å². The van der Waals surface area contributed by atoms with Crippen LogP contribution in [-0.4, -0.2) is 50.7 Å². The molecule has 20 heavy (non-hydrogen) atoms. The van der Waals surface area contributed by atoms with Gasteiger partial charge >= 0.3 is 5.97 Å².